The van der Waals surface area contributed by atoms with E-state index in [1.165, 1.54) is 31.2 Å². The largest absolute Gasteiger partial charge is 0.350 e. The number of imide groups is 1. The number of amides is 3. The SMILES string of the molecule is CC(=O)Nc1ccc(C2=C(Nc3ccccc3)C(=O)N(c3ccc(F)cc3)C2=O)cc1. The topological polar surface area (TPSA) is 78.5 Å². The number of hydrogen-bond acceptors (Lipinski definition) is 4. The predicted molar refractivity (Wildman–Crippen MR) is 117 cm³/mol. The molecule has 2 N–H and O–H groups in total. The van der Waals surface area contributed by atoms with Crippen molar-refractivity contribution in [2.75, 3.05) is 15.5 Å². The van der Waals surface area contributed by atoms with Crippen molar-refractivity contribution >= 4 is 40.4 Å². The van der Waals surface area contributed by atoms with E-state index in [4.69, 9.17) is 0 Å². The number of carbonyl (C=O) groups is 3. The Balaban J connectivity index is 1.77. The number of rotatable bonds is 5. The standard InChI is InChI=1S/C24H18FN3O3/c1-15(29)26-19-11-7-16(8-12-19)21-22(27-18-5-3-2-4-6-18)24(31)28(23(21)30)20-13-9-17(25)10-14-20/h2-14,27H,1H3,(H,26,29). The van der Waals surface area contributed by atoms with Gasteiger partial charge in [0.1, 0.15) is 11.5 Å². The molecule has 154 valence electrons. The molecule has 0 fully saturated rings. The Bertz CT molecular complexity index is 1190. The molecule has 1 heterocycles. The number of nitrogens with one attached hydrogen (secondary N) is 2. The summed E-state index contributed by atoms with van der Waals surface area (Å²) < 4.78 is 13.4. The molecule has 0 radical (unpaired) electrons. The summed E-state index contributed by atoms with van der Waals surface area (Å²) >= 11 is 0. The number of para-hydroxylation sites is 1. The predicted octanol–water partition coefficient (Wildman–Crippen LogP) is 4.18. The van der Waals surface area contributed by atoms with Crippen molar-refractivity contribution in [3.63, 3.8) is 0 Å². The third kappa shape index (κ3) is 4.06. The van der Waals surface area contributed by atoms with Gasteiger partial charge in [0.15, 0.2) is 0 Å². The molecule has 3 amide bonds. The van der Waals surface area contributed by atoms with Gasteiger partial charge in [-0.05, 0) is 54.1 Å². The summed E-state index contributed by atoms with van der Waals surface area (Å²) in [6, 6.07) is 20.8. The van der Waals surface area contributed by atoms with E-state index in [2.05, 4.69) is 10.6 Å². The van der Waals surface area contributed by atoms with Crippen LogP contribution in [0.3, 0.4) is 0 Å². The second-order valence-corrected chi connectivity index (χ2v) is 6.92. The highest BCUT2D eigenvalue weighted by Gasteiger charge is 2.40. The molecule has 3 aromatic carbocycles. The van der Waals surface area contributed by atoms with Crippen molar-refractivity contribution in [3.8, 4) is 0 Å². The molecule has 0 saturated carbocycles. The van der Waals surface area contributed by atoms with E-state index >= 15 is 0 Å². The normalized spacial score (nSPS) is 13.5. The monoisotopic (exact) mass is 415 g/mol. The zero-order chi connectivity index (χ0) is 22.0. The third-order valence-electron chi connectivity index (χ3n) is 4.71. The summed E-state index contributed by atoms with van der Waals surface area (Å²) in [6.07, 6.45) is 0. The van der Waals surface area contributed by atoms with E-state index in [1.54, 1.807) is 36.4 Å². The maximum atomic E-state index is 13.4. The molecule has 0 spiro atoms. The first-order valence-electron chi connectivity index (χ1n) is 9.53. The minimum absolute atomic E-state index is 0.118. The lowest BCUT2D eigenvalue weighted by molar-refractivity contribution is -0.120. The van der Waals surface area contributed by atoms with Gasteiger partial charge >= 0.3 is 0 Å². The van der Waals surface area contributed by atoms with Gasteiger partial charge in [-0.15, -0.1) is 0 Å². The molecule has 4 rings (SSSR count). The number of benzene rings is 3. The van der Waals surface area contributed by atoms with Crippen LogP contribution in [0.15, 0.2) is 84.6 Å². The average molecular weight is 415 g/mol. The molecule has 0 saturated heterocycles. The van der Waals surface area contributed by atoms with Crippen molar-refractivity contribution in [1.29, 1.82) is 0 Å². The molecule has 31 heavy (non-hydrogen) atoms. The van der Waals surface area contributed by atoms with Crippen molar-refractivity contribution in [3.05, 3.63) is 95.9 Å². The van der Waals surface area contributed by atoms with Gasteiger partial charge in [-0.1, -0.05) is 30.3 Å². The number of anilines is 3. The fraction of sp³-hybridized carbons (Fsp3) is 0.0417. The van der Waals surface area contributed by atoms with Crippen LogP contribution in [0.4, 0.5) is 21.5 Å². The van der Waals surface area contributed by atoms with Crippen LogP contribution in [-0.2, 0) is 14.4 Å². The summed E-state index contributed by atoms with van der Waals surface area (Å²) in [7, 11) is 0. The zero-order valence-electron chi connectivity index (χ0n) is 16.6. The second kappa shape index (κ2) is 8.23. The Morgan fingerprint density at radius 2 is 1.45 bits per heavy atom. The van der Waals surface area contributed by atoms with Crippen molar-refractivity contribution < 1.29 is 18.8 Å². The highest BCUT2D eigenvalue weighted by molar-refractivity contribution is 6.46. The van der Waals surface area contributed by atoms with Crippen LogP contribution in [0.25, 0.3) is 5.57 Å². The molecule has 6 nitrogen and oxygen atoms in total. The fourth-order valence-electron chi connectivity index (χ4n) is 3.33. The van der Waals surface area contributed by atoms with Crippen molar-refractivity contribution in [1.82, 2.24) is 0 Å². The molecule has 3 aromatic rings. The highest BCUT2D eigenvalue weighted by atomic mass is 19.1. The van der Waals surface area contributed by atoms with Gasteiger partial charge in [0, 0.05) is 18.3 Å². The molecule has 0 unspecified atom stereocenters. The van der Waals surface area contributed by atoms with Crippen LogP contribution in [0.2, 0.25) is 0 Å². The maximum absolute atomic E-state index is 13.4. The van der Waals surface area contributed by atoms with E-state index in [1.807, 2.05) is 18.2 Å². The number of carbonyl (C=O) groups excluding carboxylic acids is 3. The molecule has 0 atom stereocenters. The molecule has 0 aromatic heterocycles. The number of halogens is 1. The summed E-state index contributed by atoms with van der Waals surface area (Å²) in [5.74, 6) is -1.75. The van der Waals surface area contributed by atoms with E-state index in [0.717, 1.165) is 4.90 Å². The second-order valence-electron chi connectivity index (χ2n) is 6.92. The van der Waals surface area contributed by atoms with Crippen molar-refractivity contribution in [2.24, 2.45) is 0 Å². The van der Waals surface area contributed by atoms with Gasteiger partial charge < -0.3 is 10.6 Å². The van der Waals surface area contributed by atoms with Gasteiger partial charge in [-0.25, -0.2) is 9.29 Å². The van der Waals surface area contributed by atoms with E-state index in [9.17, 15) is 18.8 Å². The van der Waals surface area contributed by atoms with Crippen LogP contribution in [-0.4, -0.2) is 17.7 Å². The first-order valence-corrected chi connectivity index (χ1v) is 9.53. The Labute approximate surface area is 178 Å². The van der Waals surface area contributed by atoms with Crippen LogP contribution in [0.1, 0.15) is 12.5 Å². The summed E-state index contributed by atoms with van der Waals surface area (Å²) in [5.41, 5.74) is 2.30. The fourth-order valence-corrected chi connectivity index (χ4v) is 3.33. The molecule has 0 aliphatic carbocycles. The van der Waals surface area contributed by atoms with Crippen LogP contribution >= 0.6 is 0 Å². The molecular weight excluding hydrogens is 397 g/mol. The van der Waals surface area contributed by atoms with Gasteiger partial charge in [0.25, 0.3) is 11.8 Å². The van der Waals surface area contributed by atoms with E-state index < -0.39 is 17.6 Å². The van der Waals surface area contributed by atoms with Gasteiger partial charge in [0.2, 0.25) is 5.91 Å². The Morgan fingerprint density at radius 3 is 2.06 bits per heavy atom. The van der Waals surface area contributed by atoms with E-state index in [-0.39, 0.29) is 22.9 Å². The lowest BCUT2D eigenvalue weighted by Gasteiger charge is -2.15. The Kier molecular flexibility index (Phi) is 5.32. The maximum Gasteiger partial charge on any atom is 0.282 e. The first-order chi connectivity index (χ1) is 14.9. The van der Waals surface area contributed by atoms with Crippen LogP contribution in [0.5, 0.6) is 0 Å². The van der Waals surface area contributed by atoms with Gasteiger partial charge in [-0.3, -0.25) is 14.4 Å². The lowest BCUT2D eigenvalue weighted by Crippen LogP contribution is -2.32. The number of nitrogens with zero attached hydrogens (tertiary/aromatic N) is 1. The average Bonchev–Trinajstić information content (AvgIpc) is 2.99. The molecule has 1 aliphatic rings. The lowest BCUT2D eigenvalue weighted by atomic mass is 10.0. The third-order valence-corrected chi connectivity index (χ3v) is 4.71. The van der Waals surface area contributed by atoms with Crippen LogP contribution in [0, 0.1) is 5.82 Å². The minimum atomic E-state index is -0.540. The zero-order valence-corrected chi connectivity index (χ0v) is 16.6. The Hall–Kier alpha value is -4.26. The first kappa shape index (κ1) is 20.0. The number of hydrogen-bond donors (Lipinski definition) is 2. The van der Waals surface area contributed by atoms with Crippen molar-refractivity contribution in [2.45, 2.75) is 6.92 Å². The molecule has 0 bridgehead atoms. The Morgan fingerprint density at radius 1 is 0.806 bits per heavy atom. The highest BCUT2D eigenvalue weighted by Crippen LogP contribution is 2.34. The molecule has 1 aliphatic heterocycles. The summed E-state index contributed by atoms with van der Waals surface area (Å²) in [6.45, 7) is 1.40. The smallest absolute Gasteiger partial charge is 0.282 e. The van der Waals surface area contributed by atoms with Gasteiger partial charge in [0.05, 0.1) is 11.3 Å². The van der Waals surface area contributed by atoms with Gasteiger partial charge in [-0.2, -0.15) is 0 Å². The summed E-state index contributed by atoms with van der Waals surface area (Å²) in [4.78, 5) is 38.8. The molecule has 7 heteroatoms. The van der Waals surface area contributed by atoms with E-state index in [0.29, 0.717) is 16.9 Å². The van der Waals surface area contributed by atoms with Crippen LogP contribution < -0.4 is 15.5 Å². The minimum Gasteiger partial charge on any atom is -0.350 e. The molecular formula is C24H18FN3O3. The summed E-state index contributed by atoms with van der Waals surface area (Å²) in [5, 5.41) is 5.72. The quantitative estimate of drug-likeness (QED) is 0.613.